The first-order valence-corrected chi connectivity index (χ1v) is 6.78. The number of hydrogen-bond acceptors (Lipinski definition) is 4. The molecule has 0 saturated carbocycles. The van der Waals surface area contributed by atoms with Crippen molar-refractivity contribution < 1.29 is 14.3 Å². The van der Waals surface area contributed by atoms with Crippen LogP contribution in [0.3, 0.4) is 0 Å². The van der Waals surface area contributed by atoms with Crippen LogP contribution in [-0.4, -0.2) is 54.1 Å². The third-order valence-corrected chi connectivity index (χ3v) is 3.67. The van der Waals surface area contributed by atoms with Gasteiger partial charge in [0.25, 0.3) is 0 Å². The number of aliphatic hydroxyl groups excluding tert-OH is 1. The molecule has 1 atom stereocenters. The number of hydrogen-bond donors (Lipinski definition) is 1. The first kappa shape index (κ1) is 14.1. The number of likely N-dealkylation sites (N-methyl/N-ethyl adjacent to an activating group) is 1. The lowest BCUT2D eigenvalue weighted by Gasteiger charge is -2.20. The Hall–Kier alpha value is -1.33. The maximum atomic E-state index is 12.1. The fraction of sp³-hybridized carbons (Fsp3) is 0.643. The van der Waals surface area contributed by atoms with Crippen molar-refractivity contribution in [3.8, 4) is 0 Å². The van der Waals surface area contributed by atoms with Gasteiger partial charge in [-0.2, -0.15) is 0 Å². The number of furan rings is 1. The maximum Gasteiger partial charge on any atom is 0.236 e. The Morgan fingerprint density at radius 1 is 1.63 bits per heavy atom. The number of carbonyl (C=O) groups excluding carboxylic acids is 1. The van der Waals surface area contributed by atoms with Gasteiger partial charge in [0.15, 0.2) is 0 Å². The van der Waals surface area contributed by atoms with Crippen molar-refractivity contribution in [1.82, 2.24) is 9.80 Å². The van der Waals surface area contributed by atoms with Gasteiger partial charge in [-0.3, -0.25) is 9.69 Å². The smallest absolute Gasteiger partial charge is 0.236 e. The quantitative estimate of drug-likeness (QED) is 0.832. The number of likely N-dealkylation sites (tertiary alicyclic amines) is 1. The average molecular weight is 266 g/mol. The van der Waals surface area contributed by atoms with Crippen molar-refractivity contribution in [2.75, 3.05) is 33.3 Å². The van der Waals surface area contributed by atoms with Gasteiger partial charge >= 0.3 is 0 Å². The molecule has 1 unspecified atom stereocenters. The molecular formula is C14H22N2O3. The maximum absolute atomic E-state index is 12.1. The zero-order valence-electron chi connectivity index (χ0n) is 11.4. The van der Waals surface area contributed by atoms with Crippen molar-refractivity contribution in [3.63, 3.8) is 0 Å². The lowest BCUT2D eigenvalue weighted by molar-refractivity contribution is -0.131. The number of aliphatic hydroxyl groups is 1. The standard InChI is InChI=1S/C14H22N2O3/c1-15(10-13-3-2-8-19-13)14(18)11-16-6-4-12(9-16)5-7-17/h2-3,8,12,17H,4-7,9-11H2,1H3. The molecule has 1 aromatic rings. The Bertz CT molecular complexity index is 391. The van der Waals surface area contributed by atoms with Gasteiger partial charge < -0.3 is 14.4 Å². The van der Waals surface area contributed by atoms with Gasteiger partial charge in [-0.15, -0.1) is 0 Å². The Labute approximate surface area is 113 Å². The van der Waals surface area contributed by atoms with Gasteiger partial charge in [0.05, 0.1) is 19.4 Å². The third-order valence-electron chi connectivity index (χ3n) is 3.67. The highest BCUT2D eigenvalue weighted by molar-refractivity contribution is 5.77. The van der Waals surface area contributed by atoms with Crippen LogP contribution in [0.2, 0.25) is 0 Å². The summed E-state index contributed by atoms with van der Waals surface area (Å²) in [6.07, 6.45) is 3.54. The minimum Gasteiger partial charge on any atom is -0.467 e. The van der Waals surface area contributed by atoms with E-state index in [0.717, 1.165) is 31.7 Å². The van der Waals surface area contributed by atoms with Crippen LogP contribution in [0.4, 0.5) is 0 Å². The lowest BCUT2D eigenvalue weighted by atomic mass is 10.1. The van der Waals surface area contributed by atoms with Crippen molar-refractivity contribution in [2.45, 2.75) is 19.4 Å². The van der Waals surface area contributed by atoms with E-state index in [2.05, 4.69) is 4.90 Å². The fourth-order valence-corrected chi connectivity index (χ4v) is 2.51. The Balaban J connectivity index is 1.75. The van der Waals surface area contributed by atoms with Crippen molar-refractivity contribution in [3.05, 3.63) is 24.2 Å². The molecule has 5 nitrogen and oxygen atoms in total. The molecule has 0 aromatic carbocycles. The van der Waals surface area contributed by atoms with Gasteiger partial charge in [0, 0.05) is 20.2 Å². The minimum absolute atomic E-state index is 0.112. The molecule has 1 amide bonds. The summed E-state index contributed by atoms with van der Waals surface area (Å²) in [5, 5.41) is 8.92. The monoisotopic (exact) mass is 266 g/mol. The predicted octanol–water partition coefficient (Wildman–Crippen LogP) is 0.942. The first-order valence-electron chi connectivity index (χ1n) is 6.78. The largest absolute Gasteiger partial charge is 0.467 e. The van der Waals surface area contributed by atoms with E-state index in [1.54, 1.807) is 18.2 Å². The molecule has 1 aromatic heterocycles. The van der Waals surface area contributed by atoms with Crippen LogP contribution in [0.15, 0.2) is 22.8 Å². The molecule has 5 heteroatoms. The lowest BCUT2D eigenvalue weighted by Crippen LogP contribution is -2.37. The van der Waals surface area contributed by atoms with E-state index in [-0.39, 0.29) is 12.5 Å². The molecule has 0 aliphatic carbocycles. The van der Waals surface area contributed by atoms with E-state index in [4.69, 9.17) is 9.52 Å². The van der Waals surface area contributed by atoms with E-state index in [0.29, 0.717) is 19.0 Å². The van der Waals surface area contributed by atoms with Gasteiger partial charge in [0.2, 0.25) is 5.91 Å². The molecule has 1 fully saturated rings. The molecule has 1 aliphatic rings. The number of amides is 1. The summed E-state index contributed by atoms with van der Waals surface area (Å²) >= 11 is 0. The van der Waals surface area contributed by atoms with Gasteiger partial charge in [-0.25, -0.2) is 0 Å². The Morgan fingerprint density at radius 3 is 3.16 bits per heavy atom. The summed E-state index contributed by atoms with van der Waals surface area (Å²) < 4.78 is 5.24. The topological polar surface area (TPSA) is 56.9 Å². The summed E-state index contributed by atoms with van der Waals surface area (Å²) in [5.41, 5.74) is 0. The summed E-state index contributed by atoms with van der Waals surface area (Å²) in [6, 6.07) is 3.70. The normalized spacial score (nSPS) is 19.8. The van der Waals surface area contributed by atoms with Crippen LogP contribution in [0.1, 0.15) is 18.6 Å². The molecule has 0 spiro atoms. The van der Waals surface area contributed by atoms with Gasteiger partial charge in [-0.05, 0) is 37.4 Å². The van der Waals surface area contributed by atoms with Gasteiger partial charge in [-0.1, -0.05) is 0 Å². The third kappa shape index (κ3) is 4.08. The Kier molecular flexibility index (Phi) is 4.99. The van der Waals surface area contributed by atoms with Crippen molar-refractivity contribution in [2.24, 2.45) is 5.92 Å². The van der Waals surface area contributed by atoms with E-state index < -0.39 is 0 Å². The molecule has 2 rings (SSSR count). The average Bonchev–Trinajstić information content (AvgIpc) is 3.02. The van der Waals surface area contributed by atoms with Crippen LogP contribution in [0, 0.1) is 5.92 Å². The summed E-state index contributed by atoms with van der Waals surface area (Å²) in [6.45, 7) is 3.08. The van der Waals surface area contributed by atoms with Crippen LogP contribution in [0.25, 0.3) is 0 Å². The molecule has 2 heterocycles. The summed E-state index contributed by atoms with van der Waals surface area (Å²) in [4.78, 5) is 15.9. The number of carbonyl (C=O) groups is 1. The molecule has 0 bridgehead atoms. The van der Waals surface area contributed by atoms with E-state index >= 15 is 0 Å². The molecule has 1 saturated heterocycles. The molecule has 1 N–H and O–H groups in total. The molecule has 19 heavy (non-hydrogen) atoms. The predicted molar refractivity (Wildman–Crippen MR) is 71.4 cm³/mol. The second-order valence-corrected chi connectivity index (χ2v) is 5.23. The second kappa shape index (κ2) is 6.73. The van der Waals surface area contributed by atoms with E-state index in [1.807, 2.05) is 12.1 Å². The minimum atomic E-state index is 0.112. The van der Waals surface area contributed by atoms with Crippen LogP contribution >= 0.6 is 0 Å². The SMILES string of the molecule is CN(Cc1ccco1)C(=O)CN1CCC(CCO)C1. The molecule has 0 radical (unpaired) electrons. The summed E-state index contributed by atoms with van der Waals surface area (Å²) in [5.74, 6) is 1.45. The first-order chi connectivity index (χ1) is 9.19. The van der Waals surface area contributed by atoms with Crippen LogP contribution in [-0.2, 0) is 11.3 Å². The highest BCUT2D eigenvalue weighted by Crippen LogP contribution is 2.19. The zero-order valence-corrected chi connectivity index (χ0v) is 11.4. The summed E-state index contributed by atoms with van der Waals surface area (Å²) in [7, 11) is 1.80. The molecule has 106 valence electrons. The number of rotatable bonds is 6. The van der Waals surface area contributed by atoms with E-state index in [1.165, 1.54) is 0 Å². The van der Waals surface area contributed by atoms with Crippen LogP contribution in [0.5, 0.6) is 0 Å². The molecule has 1 aliphatic heterocycles. The highest BCUT2D eigenvalue weighted by Gasteiger charge is 2.24. The van der Waals surface area contributed by atoms with Crippen molar-refractivity contribution in [1.29, 1.82) is 0 Å². The van der Waals surface area contributed by atoms with Gasteiger partial charge in [0.1, 0.15) is 5.76 Å². The number of nitrogens with zero attached hydrogens (tertiary/aromatic N) is 2. The second-order valence-electron chi connectivity index (χ2n) is 5.23. The Morgan fingerprint density at radius 2 is 2.47 bits per heavy atom. The fourth-order valence-electron chi connectivity index (χ4n) is 2.51. The molecular weight excluding hydrogens is 244 g/mol. The van der Waals surface area contributed by atoms with Crippen molar-refractivity contribution >= 4 is 5.91 Å². The van der Waals surface area contributed by atoms with E-state index in [9.17, 15) is 4.79 Å². The zero-order chi connectivity index (χ0) is 13.7. The highest BCUT2D eigenvalue weighted by atomic mass is 16.3. The van der Waals surface area contributed by atoms with Crippen LogP contribution < -0.4 is 0 Å².